The van der Waals surface area contributed by atoms with Gasteiger partial charge in [-0.2, -0.15) is 0 Å². The maximum absolute atomic E-state index is 0. The van der Waals surface area contributed by atoms with Crippen LogP contribution in [0, 0.1) is 82.6 Å². The molecule has 0 fully saturated rings. The van der Waals surface area contributed by atoms with Gasteiger partial charge in [0.1, 0.15) is 0 Å². The molecule has 96 valence electrons. The molecule has 0 aliphatic heterocycles. The predicted molar refractivity (Wildman–Crippen MR) is 17.7 cm³/mol. The summed E-state index contributed by atoms with van der Waals surface area (Å²) in [7, 11) is 0. The van der Waals surface area contributed by atoms with Gasteiger partial charge in [-0.1, -0.05) is 0 Å². The fraction of sp³-hybridized carbons (Fsp3) is 0. The Labute approximate surface area is 282 Å². The largest absolute Gasteiger partial charge is 3.00 e. The third-order valence-electron chi connectivity index (χ3n) is 0. The summed E-state index contributed by atoms with van der Waals surface area (Å²) in [6.45, 7) is 0. The van der Waals surface area contributed by atoms with Gasteiger partial charge >= 0.3 is 241 Å². The average Bonchev–Trinajstić information content (AvgIpc) is 0. The Morgan fingerprint density at radius 3 is 0.294 bits per heavy atom. The average molecular weight is 829 g/mol. The van der Waals surface area contributed by atoms with Crippen LogP contribution in [0.3, 0.4) is 0 Å². The predicted octanol–water partition coefficient (Wildman–Crippen LogP) is -1.84. The summed E-state index contributed by atoms with van der Waals surface area (Å²) in [5.74, 6) is 0. The van der Waals surface area contributed by atoms with E-state index >= 15 is 0 Å². The van der Waals surface area contributed by atoms with E-state index in [1.165, 1.54) is 0 Å². The molecule has 0 aromatic rings. The molecule has 0 rings (SSSR count). The van der Waals surface area contributed by atoms with Crippen LogP contribution in [0.15, 0.2) is 0 Å². The summed E-state index contributed by atoms with van der Waals surface area (Å²) in [5.41, 5.74) is 0. The number of hydrogen-bond acceptors (Lipinski definition) is 0. The van der Waals surface area contributed by atoms with E-state index in [1.807, 2.05) is 0 Å². The molecule has 0 aromatic carbocycles. The summed E-state index contributed by atoms with van der Waals surface area (Å²) in [6, 6.07) is 0. The molecule has 0 bridgehead atoms. The first kappa shape index (κ1) is 245. The molecule has 0 heterocycles. The maximum Gasteiger partial charge on any atom is 3.00 e. The van der Waals surface area contributed by atoms with Crippen molar-refractivity contribution < 1.29 is 200 Å². The van der Waals surface area contributed by atoms with E-state index in [9.17, 15) is 0 Å². The van der Waals surface area contributed by atoms with Crippen LogP contribution < -0.4 is 0 Å². The Morgan fingerprint density at radius 1 is 0.294 bits per heavy atom. The van der Waals surface area contributed by atoms with E-state index in [0.717, 1.165) is 0 Å². The summed E-state index contributed by atoms with van der Waals surface area (Å²) in [5, 5.41) is 0. The number of rotatable bonds is 0. The molecule has 0 atom stereocenters. The third-order valence-corrected chi connectivity index (χ3v) is 0. The zero-order valence-corrected chi connectivity index (χ0v) is 26.5. The molecule has 0 aliphatic carbocycles. The van der Waals surface area contributed by atoms with Gasteiger partial charge in [-0.15, -0.1) is 0 Å². The second kappa shape index (κ2) is 215. The molecule has 0 saturated heterocycles. The third kappa shape index (κ3) is 196. The van der Waals surface area contributed by atoms with Crippen molar-refractivity contribution in [2.45, 2.75) is 0 Å². The second-order valence-corrected chi connectivity index (χ2v) is 0. The number of hydrogen-bond donors (Lipinski definition) is 0. The standard InChI is InChI=1S/2Co.2Mn.9O.2Pr.2Sr/q4*+2;9*-2;2*+3;2*+2. The van der Waals surface area contributed by atoms with Crippen LogP contribution in [0.25, 0.3) is 0 Å². The Bertz CT molecular complexity index is 33.0. The summed E-state index contributed by atoms with van der Waals surface area (Å²) >= 11 is 0. The van der Waals surface area contributed by atoms with Gasteiger partial charge in [0, 0.05) is 0 Å². The van der Waals surface area contributed by atoms with Crippen molar-refractivity contribution in [3.8, 4) is 0 Å². The van der Waals surface area contributed by atoms with Crippen molar-refractivity contribution in [3.05, 3.63) is 0 Å². The molecule has 0 saturated carbocycles. The zero-order valence-electron chi connectivity index (χ0n) is 7.67. The molecule has 0 aliphatic rings. The van der Waals surface area contributed by atoms with Gasteiger partial charge in [-0.25, -0.2) is 0 Å². The van der Waals surface area contributed by atoms with Gasteiger partial charge in [-0.05, 0) is 0 Å². The van der Waals surface area contributed by atoms with Crippen LogP contribution in [-0.2, 0) is 117 Å². The molecule has 17 heteroatoms. The fourth-order valence-corrected chi connectivity index (χ4v) is 0. The van der Waals surface area contributed by atoms with Crippen LogP contribution in [0.4, 0.5) is 0 Å². The van der Waals surface area contributed by atoms with Gasteiger partial charge in [0.25, 0.3) is 0 Å². The molecular formula is Co2Mn2O9Pr2Sr2. The fourth-order valence-electron chi connectivity index (χ4n) is 0. The Kier molecular flexibility index (Phi) is 3090. The van der Waals surface area contributed by atoms with Crippen LogP contribution in [0.5, 0.6) is 0 Å². The van der Waals surface area contributed by atoms with Gasteiger partial charge in [0.05, 0.1) is 0 Å². The Morgan fingerprint density at radius 2 is 0.294 bits per heavy atom. The van der Waals surface area contributed by atoms with Crippen LogP contribution >= 0.6 is 0 Å². The molecule has 0 unspecified atom stereocenters. The zero-order chi connectivity index (χ0) is 0. The van der Waals surface area contributed by atoms with Crippen molar-refractivity contribution in [3.63, 3.8) is 0 Å². The molecule has 9 nitrogen and oxygen atoms in total. The first-order valence-corrected chi connectivity index (χ1v) is 0. The van der Waals surface area contributed by atoms with Crippen molar-refractivity contribution >= 4 is 91.0 Å². The minimum absolute atomic E-state index is 0. The smallest absolute Gasteiger partial charge is 2.00 e. The topological polar surface area (TPSA) is 256 Å². The quantitative estimate of drug-likeness (QED) is 0.244. The summed E-state index contributed by atoms with van der Waals surface area (Å²) < 4.78 is 0. The molecular weight excluding hydrogens is 829 g/mol. The summed E-state index contributed by atoms with van der Waals surface area (Å²) in [4.78, 5) is 0. The SMILES string of the molecule is [Co+2].[Co+2].[Mn+2].[Mn+2].[O-2].[O-2].[O-2].[O-2].[O-2].[O-2].[O-2].[O-2].[O-2].[Pr+3].[Pr+3].[Sr+2].[Sr+2]. The van der Waals surface area contributed by atoms with Crippen molar-refractivity contribution in [2.75, 3.05) is 0 Å². The van der Waals surface area contributed by atoms with Crippen molar-refractivity contribution in [1.29, 1.82) is 0 Å². The monoisotopic (exact) mass is 829 g/mol. The normalized spacial score (nSPS) is 0. The van der Waals surface area contributed by atoms with E-state index in [2.05, 4.69) is 0 Å². The van der Waals surface area contributed by atoms with Crippen LogP contribution in [0.2, 0.25) is 0 Å². The molecule has 0 amide bonds. The van der Waals surface area contributed by atoms with E-state index < -0.39 is 0 Å². The van der Waals surface area contributed by atoms with Gasteiger partial charge in [0.15, 0.2) is 0 Å². The minimum atomic E-state index is 0. The maximum atomic E-state index is 0. The molecule has 0 aromatic heterocycles. The van der Waals surface area contributed by atoms with Crippen LogP contribution in [-0.4, -0.2) is 91.0 Å². The van der Waals surface area contributed by atoms with E-state index in [1.54, 1.807) is 0 Å². The Balaban J connectivity index is 0. The van der Waals surface area contributed by atoms with Gasteiger partial charge < -0.3 is 49.3 Å². The van der Waals surface area contributed by atoms with Gasteiger partial charge in [0.2, 0.25) is 0 Å². The van der Waals surface area contributed by atoms with Gasteiger partial charge in [-0.3, -0.25) is 0 Å². The first-order chi connectivity index (χ1) is 0. The van der Waals surface area contributed by atoms with Crippen molar-refractivity contribution in [1.82, 2.24) is 0 Å². The van der Waals surface area contributed by atoms with Crippen molar-refractivity contribution in [2.24, 2.45) is 0 Å². The summed E-state index contributed by atoms with van der Waals surface area (Å²) in [6.07, 6.45) is 0. The van der Waals surface area contributed by atoms with E-state index in [4.69, 9.17) is 0 Å². The second-order valence-electron chi connectivity index (χ2n) is 0. The molecule has 17 heavy (non-hydrogen) atoms. The van der Waals surface area contributed by atoms with E-state index in [-0.39, 0.29) is 291 Å². The minimum Gasteiger partial charge on any atom is -2.00 e. The molecule has 4 radical (unpaired) electrons. The first-order valence-electron chi connectivity index (χ1n) is 0. The molecule has 0 spiro atoms. The Hall–Kier alpha value is 7.38. The van der Waals surface area contributed by atoms with E-state index in [0.29, 0.717) is 0 Å². The van der Waals surface area contributed by atoms with Crippen LogP contribution in [0.1, 0.15) is 0 Å². The molecule has 0 N–H and O–H groups in total.